The van der Waals surface area contributed by atoms with Crippen LogP contribution in [0.25, 0.3) is 11.4 Å². The van der Waals surface area contributed by atoms with E-state index in [1.165, 1.54) is 17.3 Å². The van der Waals surface area contributed by atoms with Crippen LogP contribution in [0.3, 0.4) is 0 Å². The van der Waals surface area contributed by atoms with Crippen molar-refractivity contribution in [2.75, 3.05) is 0 Å². The summed E-state index contributed by atoms with van der Waals surface area (Å²) in [6, 6.07) is 19.0. The van der Waals surface area contributed by atoms with Crippen molar-refractivity contribution in [2.45, 2.75) is 37.2 Å². The maximum Gasteiger partial charge on any atom is 0.192 e. The Hall–Kier alpha value is -2.83. The fraction of sp³-hybridized carbons (Fsp3) is 0.208. The molecule has 0 spiro atoms. The van der Waals surface area contributed by atoms with Gasteiger partial charge in [0.15, 0.2) is 16.8 Å². The van der Waals surface area contributed by atoms with Crippen LogP contribution in [-0.4, -0.2) is 25.8 Å². The number of hydrogen-bond acceptors (Lipinski definition) is 5. The molecular formula is C24H22ClN3O2S. The zero-order valence-corrected chi connectivity index (χ0v) is 18.9. The highest BCUT2D eigenvalue weighted by Gasteiger charge is 2.22. The largest absolute Gasteiger partial charge is 0.467 e. The molecule has 2 heterocycles. The van der Waals surface area contributed by atoms with E-state index in [2.05, 4.69) is 17.1 Å². The van der Waals surface area contributed by atoms with Crippen molar-refractivity contribution in [1.82, 2.24) is 14.8 Å². The van der Waals surface area contributed by atoms with Gasteiger partial charge in [-0.25, -0.2) is 0 Å². The standard InChI is InChI=1S/C24H22ClN3O2S/c1-3-17-6-8-18(9-7-17)22(29)16(2)31-24-27-26-23(19-10-12-20(25)13-11-19)28(24)15-21-5-4-14-30-21/h4-14,16H,3,15H2,1-2H3. The van der Waals surface area contributed by atoms with Gasteiger partial charge in [0.25, 0.3) is 0 Å². The molecule has 0 fully saturated rings. The number of carbonyl (C=O) groups is 1. The van der Waals surface area contributed by atoms with E-state index in [-0.39, 0.29) is 11.0 Å². The minimum absolute atomic E-state index is 0.0632. The van der Waals surface area contributed by atoms with Crippen LogP contribution in [0.4, 0.5) is 0 Å². The second-order valence-electron chi connectivity index (χ2n) is 7.15. The Morgan fingerprint density at radius 1 is 1.10 bits per heavy atom. The molecule has 2 aromatic carbocycles. The third-order valence-electron chi connectivity index (χ3n) is 5.01. The zero-order chi connectivity index (χ0) is 21.8. The predicted molar refractivity (Wildman–Crippen MR) is 124 cm³/mol. The summed E-state index contributed by atoms with van der Waals surface area (Å²) in [5.74, 6) is 1.54. The third kappa shape index (κ3) is 4.92. The van der Waals surface area contributed by atoms with E-state index in [1.54, 1.807) is 6.26 Å². The van der Waals surface area contributed by atoms with E-state index < -0.39 is 0 Å². The Morgan fingerprint density at radius 3 is 2.48 bits per heavy atom. The number of benzene rings is 2. The maximum atomic E-state index is 13.0. The van der Waals surface area contributed by atoms with Gasteiger partial charge in [-0.3, -0.25) is 9.36 Å². The van der Waals surface area contributed by atoms with Gasteiger partial charge in [-0.2, -0.15) is 0 Å². The number of halogens is 1. The monoisotopic (exact) mass is 451 g/mol. The molecule has 1 atom stereocenters. The van der Waals surface area contributed by atoms with Gasteiger partial charge in [-0.15, -0.1) is 10.2 Å². The van der Waals surface area contributed by atoms with Crippen LogP contribution < -0.4 is 0 Å². The molecule has 5 nitrogen and oxygen atoms in total. The molecule has 7 heteroatoms. The lowest BCUT2D eigenvalue weighted by atomic mass is 10.1. The third-order valence-corrected chi connectivity index (χ3v) is 6.34. The number of Topliss-reactive ketones (excluding diaryl/α,β-unsaturated/α-hetero) is 1. The van der Waals surface area contributed by atoms with E-state index in [4.69, 9.17) is 16.0 Å². The highest BCUT2D eigenvalue weighted by molar-refractivity contribution is 8.00. The van der Waals surface area contributed by atoms with Crippen molar-refractivity contribution in [1.29, 1.82) is 0 Å². The number of hydrogen-bond donors (Lipinski definition) is 0. The fourth-order valence-corrected chi connectivity index (χ4v) is 4.29. The summed E-state index contributed by atoms with van der Waals surface area (Å²) in [7, 11) is 0. The second-order valence-corrected chi connectivity index (χ2v) is 8.90. The van der Waals surface area contributed by atoms with Gasteiger partial charge >= 0.3 is 0 Å². The average Bonchev–Trinajstić information content (AvgIpc) is 3.45. The Balaban J connectivity index is 1.62. The van der Waals surface area contributed by atoms with Crippen LogP contribution in [0.2, 0.25) is 5.02 Å². The minimum atomic E-state index is -0.315. The average molecular weight is 452 g/mol. The first-order valence-electron chi connectivity index (χ1n) is 10.1. The first-order valence-corrected chi connectivity index (χ1v) is 11.3. The summed E-state index contributed by atoms with van der Waals surface area (Å²) in [5.41, 5.74) is 2.80. The number of ketones is 1. The van der Waals surface area contributed by atoms with Gasteiger partial charge in [0.1, 0.15) is 5.76 Å². The quantitative estimate of drug-likeness (QED) is 0.237. The molecule has 2 aromatic heterocycles. The van der Waals surface area contributed by atoms with Crippen LogP contribution in [0.15, 0.2) is 76.5 Å². The summed E-state index contributed by atoms with van der Waals surface area (Å²) < 4.78 is 7.51. The van der Waals surface area contributed by atoms with Crippen LogP contribution in [0.1, 0.15) is 35.5 Å². The van der Waals surface area contributed by atoms with Crippen molar-refractivity contribution in [3.63, 3.8) is 0 Å². The van der Waals surface area contributed by atoms with Gasteiger partial charge in [0, 0.05) is 16.1 Å². The number of furan rings is 1. The summed E-state index contributed by atoms with van der Waals surface area (Å²) >= 11 is 7.44. The molecule has 0 aliphatic heterocycles. The number of aromatic nitrogens is 3. The highest BCUT2D eigenvalue weighted by atomic mass is 35.5. The van der Waals surface area contributed by atoms with Crippen LogP contribution in [0, 0.1) is 0 Å². The molecule has 1 unspecified atom stereocenters. The molecule has 0 saturated carbocycles. The number of rotatable bonds is 8. The summed E-state index contributed by atoms with van der Waals surface area (Å²) in [4.78, 5) is 13.0. The van der Waals surface area contributed by atoms with Crippen LogP contribution in [-0.2, 0) is 13.0 Å². The van der Waals surface area contributed by atoms with E-state index in [0.717, 1.165) is 17.7 Å². The van der Waals surface area contributed by atoms with Crippen molar-refractivity contribution in [3.05, 3.63) is 88.8 Å². The summed E-state index contributed by atoms with van der Waals surface area (Å²) in [6.45, 7) is 4.46. The highest BCUT2D eigenvalue weighted by Crippen LogP contribution is 2.30. The Bertz CT molecular complexity index is 1150. The summed E-state index contributed by atoms with van der Waals surface area (Å²) in [6.07, 6.45) is 2.59. The molecule has 4 rings (SSSR count). The number of carbonyl (C=O) groups excluding carboxylic acids is 1. The van der Waals surface area contributed by atoms with Crippen molar-refractivity contribution < 1.29 is 9.21 Å². The molecule has 0 amide bonds. The topological polar surface area (TPSA) is 60.9 Å². The molecule has 0 aliphatic carbocycles. The zero-order valence-electron chi connectivity index (χ0n) is 17.3. The molecule has 0 N–H and O–H groups in total. The molecule has 31 heavy (non-hydrogen) atoms. The Kier molecular flexibility index (Phi) is 6.59. The Morgan fingerprint density at radius 2 is 1.84 bits per heavy atom. The molecule has 0 radical (unpaired) electrons. The van der Waals surface area contributed by atoms with E-state index in [9.17, 15) is 4.79 Å². The molecule has 0 saturated heterocycles. The maximum absolute atomic E-state index is 13.0. The summed E-state index contributed by atoms with van der Waals surface area (Å²) in [5, 5.41) is 9.79. The fourth-order valence-electron chi connectivity index (χ4n) is 3.24. The van der Waals surface area contributed by atoms with Crippen LogP contribution >= 0.6 is 23.4 Å². The smallest absolute Gasteiger partial charge is 0.192 e. The van der Waals surface area contributed by atoms with Gasteiger partial charge in [-0.05, 0) is 55.3 Å². The van der Waals surface area contributed by atoms with Gasteiger partial charge < -0.3 is 4.42 Å². The lowest BCUT2D eigenvalue weighted by Gasteiger charge is -2.13. The SMILES string of the molecule is CCc1ccc(C(=O)C(C)Sc2nnc(-c3ccc(Cl)cc3)n2Cc2ccco2)cc1. The number of thioether (sulfide) groups is 1. The van der Waals surface area contributed by atoms with Crippen LogP contribution in [0.5, 0.6) is 0 Å². The van der Waals surface area contributed by atoms with E-state index in [0.29, 0.717) is 28.1 Å². The lowest BCUT2D eigenvalue weighted by Crippen LogP contribution is -2.15. The predicted octanol–water partition coefficient (Wildman–Crippen LogP) is 6.17. The molecule has 0 bridgehead atoms. The molecular weight excluding hydrogens is 430 g/mol. The normalized spacial score (nSPS) is 12.1. The van der Waals surface area contributed by atoms with Gasteiger partial charge in [-0.1, -0.05) is 54.6 Å². The van der Waals surface area contributed by atoms with E-state index in [1.807, 2.05) is 72.2 Å². The lowest BCUT2D eigenvalue weighted by molar-refractivity contribution is 0.0994. The first kappa shape index (κ1) is 21.4. The van der Waals surface area contributed by atoms with Gasteiger partial charge in [0.2, 0.25) is 0 Å². The van der Waals surface area contributed by atoms with Crippen molar-refractivity contribution in [2.24, 2.45) is 0 Å². The minimum Gasteiger partial charge on any atom is -0.467 e. The Labute approximate surface area is 190 Å². The van der Waals surface area contributed by atoms with E-state index >= 15 is 0 Å². The van der Waals surface area contributed by atoms with Crippen molar-refractivity contribution in [3.8, 4) is 11.4 Å². The number of nitrogens with zero attached hydrogens (tertiary/aromatic N) is 3. The van der Waals surface area contributed by atoms with Crippen molar-refractivity contribution >= 4 is 29.1 Å². The first-order chi connectivity index (χ1) is 15.0. The molecule has 158 valence electrons. The molecule has 4 aromatic rings. The number of aryl methyl sites for hydroxylation is 1. The molecule has 0 aliphatic rings. The van der Waals surface area contributed by atoms with Gasteiger partial charge in [0.05, 0.1) is 18.1 Å². The second kappa shape index (κ2) is 9.54.